The average molecular weight is 666 g/mol. The predicted octanol–water partition coefficient (Wildman–Crippen LogP) is 6.07. The highest BCUT2D eigenvalue weighted by Gasteiger charge is 2.58. The number of aliphatic hydroxyl groups is 1. The van der Waals surface area contributed by atoms with Crippen LogP contribution in [0.25, 0.3) is 0 Å². The number of ether oxygens (including phenoxy) is 2. The summed E-state index contributed by atoms with van der Waals surface area (Å²) in [6.45, 7) is 0.323. The van der Waals surface area contributed by atoms with Crippen molar-refractivity contribution in [2.45, 2.75) is 29.4 Å². The van der Waals surface area contributed by atoms with Gasteiger partial charge in [-0.3, -0.25) is 4.79 Å². The molecule has 8 nitrogen and oxygen atoms in total. The van der Waals surface area contributed by atoms with Gasteiger partial charge in [0, 0.05) is 52.9 Å². The molecule has 11 heteroatoms. The second kappa shape index (κ2) is 12.8. The van der Waals surface area contributed by atoms with Crippen LogP contribution in [0, 0.1) is 0 Å². The molecule has 0 radical (unpaired) electrons. The zero-order chi connectivity index (χ0) is 31.6. The number of hydrogen-bond donors (Lipinski definition) is 1. The standard InChI is InChI=1S/C34H30Cl2N2O6S/c35-25-13-16-28(29(36)21-25)31-34(37-32(44-31)23-11-14-26(15-12-23)43-19-6-18-39)22-24-7-4-5-10-30(24)38(33(34)40)17-20-45(41,42)27-8-2-1-3-9-27/h1-5,7-16,21,31,39H,6,17-20,22H2/t31-,34-/m0/s1. The fourth-order valence-corrected chi connectivity index (χ4v) is 7.43. The van der Waals surface area contributed by atoms with E-state index >= 15 is 0 Å². The van der Waals surface area contributed by atoms with Crippen molar-refractivity contribution in [3.8, 4) is 5.75 Å². The van der Waals surface area contributed by atoms with Crippen molar-refractivity contribution in [3.63, 3.8) is 0 Å². The maximum absolute atomic E-state index is 14.7. The third-order valence-corrected chi connectivity index (χ3v) is 10.2. The summed E-state index contributed by atoms with van der Waals surface area (Å²) in [5.41, 5.74) is 1.14. The van der Waals surface area contributed by atoms with Crippen LogP contribution in [0.15, 0.2) is 107 Å². The molecular weight excluding hydrogens is 635 g/mol. The first-order valence-electron chi connectivity index (χ1n) is 14.4. The molecule has 2 aliphatic rings. The Kier molecular flexibility index (Phi) is 8.88. The second-order valence-corrected chi connectivity index (χ2v) is 13.8. The number of sulfone groups is 1. The molecule has 0 aliphatic carbocycles. The summed E-state index contributed by atoms with van der Waals surface area (Å²) < 4.78 is 38.7. The first kappa shape index (κ1) is 31.1. The van der Waals surface area contributed by atoms with Crippen molar-refractivity contribution in [2.75, 3.05) is 30.4 Å². The Morgan fingerprint density at radius 2 is 1.71 bits per heavy atom. The van der Waals surface area contributed by atoms with E-state index in [0.29, 0.717) is 45.6 Å². The van der Waals surface area contributed by atoms with Gasteiger partial charge < -0.3 is 19.5 Å². The van der Waals surface area contributed by atoms with Gasteiger partial charge in [0.05, 0.1) is 17.3 Å². The molecule has 4 aromatic rings. The quantitative estimate of drug-likeness (QED) is 0.206. The lowest BCUT2D eigenvalue weighted by Gasteiger charge is -2.41. The molecule has 232 valence electrons. The molecule has 2 heterocycles. The van der Waals surface area contributed by atoms with E-state index in [1.165, 1.54) is 4.90 Å². The Hall–Kier alpha value is -3.89. The van der Waals surface area contributed by atoms with Gasteiger partial charge in [0.25, 0.3) is 5.91 Å². The maximum Gasteiger partial charge on any atom is 0.259 e. The van der Waals surface area contributed by atoms with Crippen molar-refractivity contribution < 1.29 is 27.8 Å². The number of fused-ring (bicyclic) bond motifs is 1. The van der Waals surface area contributed by atoms with Crippen molar-refractivity contribution >= 4 is 50.5 Å². The average Bonchev–Trinajstić information content (AvgIpc) is 3.41. The zero-order valence-corrected chi connectivity index (χ0v) is 26.4. The van der Waals surface area contributed by atoms with Crippen LogP contribution in [0.3, 0.4) is 0 Å². The van der Waals surface area contributed by atoms with Crippen LogP contribution < -0.4 is 9.64 Å². The van der Waals surface area contributed by atoms with Crippen molar-refractivity contribution in [1.29, 1.82) is 0 Å². The summed E-state index contributed by atoms with van der Waals surface area (Å²) in [4.78, 5) is 21.4. The number of amides is 1. The lowest BCUT2D eigenvalue weighted by molar-refractivity contribution is -0.126. The molecule has 0 unspecified atom stereocenters. The molecule has 1 spiro atoms. The largest absolute Gasteiger partial charge is 0.494 e. The number of carbonyl (C=O) groups is 1. The van der Waals surface area contributed by atoms with Crippen LogP contribution in [0.4, 0.5) is 5.69 Å². The summed E-state index contributed by atoms with van der Waals surface area (Å²) in [5, 5.41) is 9.80. The van der Waals surface area contributed by atoms with Gasteiger partial charge in [0.2, 0.25) is 5.90 Å². The normalized spacial score (nSPS) is 19.3. The summed E-state index contributed by atoms with van der Waals surface area (Å²) in [7, 11) is -3.69. The van der Waals surface area contributed by atoms with Crippen molar-refractivity contribution in [1.82, 2.24) is 0 Å². The highest BCUT2D eigenvalue weighted by atomic mass is 35.5. The number of aliphatic hydroxyl groups excluding tert-OH is 1. The van der Waals surface area contributed by atoms with E-state index in [1.54, 1.807) is 72.8 Å². The van der Waals surface area contributed by atoms with Gasteiger partial charge in [-0.05, 0) is 60.2 Å². The molecule has 0 fully saturated rings. The second-order valence-electron chi connectivity index (χ2n) is 10.8. The van der Waals surface area contributed by atoms with Gasteiger partial charge >= 0.3 is 0 Å². The lowest BCUT2D eigenvalue weighted by atomic mass is 9.78. The van der Waals surface area contributed by atoms with Crippen LogP contribution in [-0.2, 0) is 25.8 Å². The fraction of sp³-hybridized carbons (Fsp3) is 0.235. The van der Waals surface area contributed by atoms with Gasteiger partial charge in [-0.15, -0.1) is 0 Å². The van der Waals surface area contributed by atoms with Crippen LogP contribution in [0.2, 0.25) is 10.0 Å². The number of benzene rings is 4. The number of para-hydroxylation sites is 1. The molecule has 0 saturated carbocycles. The summed E-state index contributed by atoms with van der Waals surface area (Å²) in [6.07, 6.45) is -0.206. The maximum atomic E-state index is 14.7. The molecule has 2 aliphatic heterocycles. The highest BCUT2D eigenvalue weighted by Crippen LogP contribution is 2.49. The number of carbonyl (C=O) groups excluding carboxylic acids is 1. The predicted molar refractivity (Wildman–Crippen MR) is 174 cm³/mol. The fourth-order valence-electron chi connectivity index (χ4n) is 5.70. The number of aliphatic imine (C=N–C) groups is 1. The highest BCUT2D eigenvalue weighted by molar-refractivity contribution is 7.91. The van der Waals surface area contributed by atoms with Gasteiger partial charge in [-0.2, -0.15) is 0 Å². The first-order valence-corrected chi connectivity index (χ1v) is 16.9. The van der Waals surface area contributed by atoms with E-state index < -0.39 is 21.5 Å². The topological polar surface area (TPSA) is 106 Å². The van der Waals surface area contributed by atoms with E-state index in [2.05, 4.69) is 0 Å². The van der Waals surface area contributed by atoms with Crippen LogP contribution in [0.1, 0.15) is 29.2 Å². The molecule has 1 N–H and O–H groups in total. The number of hydrogen-bond acceptors (Lipinski definition) is 7. The summed E-state index contributed by atoms with van der Waals surface area (Å²) in [5.74, 6) is 0.192. The number of anilines is 1. The monoisotopic (exact) mass is 664 g/mol. The minimum Gasteiger partial charge on any atom is -0.494 e. The van der Waals surface area contributed by atoms with Crippen molar-refractivity contribution in [3.05, 3.63) is 124 Å². The Balaban J connectivity index is 1.41. The third-order valence-electron chi connectivity index (χ3n) is 7.93. The van der Waals surface area contributed by atoms with Crippen LogP contribution in [-0.4, -0.2) is 56.4 Å². The Morgan fingerprint density at radius 3 is 2.44 bits per heavy atom. The Bertz CT molecular complexity index is 1850. The van der Waals surface area contributed by atoms with Crippen LogP contribution in [0.5, 0.6) is 5.75 Å². The molecule has 6 rings (SSSR count). The number of halogens is 2. The van der Waals surface area contributed by atoms with E-state index in [4.69, 9.17) is 42.8 Å². The molecule has 45 heavy (non-hydrogen) atoms. The molecule has 4 aromatic carbocycles. The lowest BCUT2D eigenvalue weighted by Crippen LogP contribution is -2.56. The van der Waals surface area contributed by atoms with E-state index in [1.807, 2.05) is 24.3 Å². The smallest absolute Gasteiger partial charge is 0.259 e. The molecule has 0 saturated heterocycles. The first-order chi connectivity index (χ1) is 21.7. The van der Waals surface area contributed by atoms with Crippen molar-refractivity contribution in [2.24, 2.45) is 4.99 Å². The number of nitrogens with zero attached hydrogens (tertiary/aromatic N) is 2. The molecule has 1 amide bonds. The minimum absolute atomic E-state index is 0.0336. The molecule has 0 aromatic heterocycles. The van der Waals surface area contributed by atoms with E-state index in [9.17, 15) is 13.2 Å². The Labute approximate surface area is 271 Å². The number of rotatable bonds is 10. The van der Waals surface area contributed by atoms with Crippen LogP contribution >= 0.6 is 23.2 Å². The van der Waals surface area contributed by atoms with E-state index in [0.717, 1.165) is 5.56 Å². The SMILES string of the molecule is O=C1N(CCS(=O)(=O)c2ccccc2)c2ccccc2C[C@@]12N=C(c1ccc(OCCCO)cc1)O[C@H]2c1ccc(Cl)cc1Cl. The van der Waals surface area contributed by atoms with Gasteiger partial charge in [0.1, 0.15) is 5.75 Å². The summed E-state index contributed by atoms with van der Waals surface area (Å²) in [6, 6.07) is 27.7. The summed E-state index contributed by atoms with van der Waals surface area (Å²) >= 11 is 12.9. The third kappa shape index (κ3) is 6.18. The Morgan fingerprint density at radius 1 is 0.978 bits per heavy atom. The zero-order valence-electron chi connectivity index (χ0n) is 24.1. The molecular formula is C34H30Cl2N2O6S. The van der Waals surface area contributed by atoms with Gasteiger partial charge in [-0.25, -0.2) is 13.4 Å². The van der Waals surface area contributed by atoms with Gasteiger partial charge in [0.15, 0.2) is 21.5 Å². The minimum atomic E-state index is -3.69. The van der Waals surface area contributed by atoms with Gasteiger partial charge in [-0.1, -0.05) is 65.7 Å². The molecule has 2 atom stereocenters. The van der Waals surface area contributed by atoms with E-state index in [-0.39, 0.29) is 42.0 Å². The molecule has 0 bridgehead atoms.